The molecule has 1 aliphatic heterocycles. The van der Waals surface area contributed by atoms with Crippen molar-refractivity contribution in [1.29, 1.82) is 0 Å². The van der Waals surface area contributed by atoms with Crippen molar-refractivity contribution in [3.63, 3.8) is 0 Å². The van der Waals surface area contributed by atoms with E-state index in [4.69, 9.17) is 16.3 Å². The van der Waals surface area contributed by atoms with Crippen molar-refractivity contribution in [2.24, 2.45) is 7.05 Å². The Hall–Kier alpha value is -1.86. The molecule has 7 nitrogen and oxygen atoms in total. The number of imidazole rings is 1. The Kier molecular flexibility index (Phi) is 4.68. The summed E-state index contributed by atoms with van der Waals surface area (Å²) in [5, 5.41) is 7.55. The molecule has 1 fully saturated rings. The Labute approximate surface area is 139 Å². The first-order chi connectivity index (χ1) is 11.1. The molecule has 0 unspecified atom stereocenters. The average molecular weight is 338 g/mol. The van der Waals surface area contributed by atoms with E-state index in [2.05, 4.69) is 22.3 Å². The molecule has 1 amide bonds. The minimum absolute atomic E-state index is 0.135. The summed E-state index contributed by atoms with van der Waals surface area (Å²) in [4.78, 5) is 16.8. The average Bonchev–Trinajstić information content (AvgIpc) is 3.15. The van der Waals surface area contributed by atoms with Crippen LogP contribution in [0.25, 0.3) is 0 Å². The van der Waals surface area contributed by atoms with Crippen LogP contribution in [0.1, 0.15) is 42.2 Å². The van der Waals surface area contributed by atoms with Gasteiger partial charge in [-0.3, -0.25) is 9.48 Å². The highest BCUT2D eigenvalue weighted by atomic mass is 35.5. The van der Waals surface area contributed by atoms with Crippen LogP contribution in [0, 0.1) is 0 Å². The standard InChI is InChI=1S/C15H20ClN5O2/c1-3-21-7-6-17-14(21)13-10(5-4-8-23-13)18-15(22)11-9-12(16)20(2)19-11/h6-7,9-10,13H,3-5,8H2,1-2H3,(H,18,22)/t10-,13-/m0/s1. The molecule has 8 heteroatoms. The number of aryl methyl sites for hydroxylation is 2. The number of hydrogen-bond donors (Lipinski definition) is 1. The van der Waals surface area contributed by atoms with E-state index in [1.54, 1.807) is 19.3 Å². The van der Waals surface area contributed by atoms with Crippen LogP contribution in [0.3, 0.4) is 0 Å². The number of carbonyl (C=O) groups excluding carboxylic acids is 1. The lowest BCUT2D eigenvalue weighted by Crippen LogP contribution is -2.43. The van der Waals surface area contributed by atoms with Crippen molar-refractivity contribution in [2.45, 2.75) is 38.5 Å². The van der Waals surface area contributed by atoms with Gasteiger partial charge >= 0.3 is 0 Å². The third kappa shape index (κ3) is 3.25. The fourth-order valence-corrected chi connectivity index (χ4v) is 2.97. The number of rotatable bonds is 4. The van der Waals surface area contributed by atoms with Gasteiger partial charge in [0, 0.05) is 38.7 Å². The quantitative estimate of drug-likeness (QED) is 0.925. The summed E-state index contributed by atoms with van der Waals surface area (Å²) in [6.07, 6.45) is 5.17. The maximum Gasteiger partial charge on any atom is 0.272 e. The summed E-state index contributed by atoms with van der Waals surface area (Å²) in [7, 11) is 1.70. The highest BCUT2D eigenvalue weighted by Gasteiger charge is 2.32. The molecule has 2 aromatic rings. The van der Waals surface area contributed by atoms with Gasteiger partial charge in [-0.2, -0.15) is 5.10 Å². The number of aromatic nitrogens is 4. The van der Waals surface area contributed by atoms with Gasteiger partial charge in [0.15, 0.2) is 5.69 Å². The normalized spacial score (nSPS) is 21.3. The zero-order chi connectivity index (χ0) is 16.4. The second kappa shape index (κ2) is 6.72. The number of nitrogens with one attached hydrogen (secondary N) is 1. The first-order valence-corrected chi connectivity index (χ1v) is 8.11. The lowest BCUT2D eigenvalue weighted by molar-refractivity contribution is -0.0163. The van der Waals surface area contributed by atoms with Crippen LogP contribution < -0.4 is 5.32 Å². The van der Waals surface area contributed by atoms with Gasteiger partial charge in [-0.15, -0.1) is 0 Å². The Bertz CT molecular complexity index is 676. The van der Waals surface area contributed by atoms with Crippen LogP contribution in [0.15, 0.2) is 18.5 Å². The van der Waals surface area contributed by atoms with Crippen molar-refractivity contribution in [1.82, 2.24) is 24.6 Å². The smallest absolute Gasteiger partial charge is 0.272 e. The maximum absolute atomic E-state index is 12.4. The van der Waals surface area contributed by atoms with Crippen molar-refractivity contribution in [3.8, 4) is 0 Å². The van der Waals surface area contributed by atoms with E-state index in [0.29, 0.717) is 17.5 Å². The van der Waals surface area contributed by atoms with Crippen molar-refractivity contribution in [2.75, 3.05) is 6.61 Å². The first kappa shape index (κ1) is 16.0. The predicted molar refractivity (Wildman–Crippen MR) is 85.3 cm³/mol. The van der Waals surface area contributed by atoms with E-state index in [1.807, 2.05) is 10.8 Å². The third-order valence-corrected chi connectivity index (χ3v) is 4.39. The maximum atomic E-state index is 12.4. The molecular weight excluding hydrogens is 318 g/mol. The molecule has 2 atom stereocenters. The lowest BCUT2D eigenvalue weighted by atomic mass is 10.0. The first-order valence-electron chi connectivity index (χ1n) is 7.73. The van der Waals surface area contributed by atoms with Crippen molar-refractivity contribution < 1.29 is 9.53 Å². The van der Waals surface area contributed by atoms with Gasteiger partial charge in [-0.25, -0.2) is 4.98 Å². The largest absolute Gasteiger partial charge is 0.368 e. The topological polar surface area (TPSA) is 74.0 Å². The van der Waals surface area contributed by atoms with Crippen LogP contribution in [-0.2, 0) is 18.3 Å². The zero-order valence-corrected chi connectivity index (χ0v) is 14.0. The summed E-state index contributed by atoms with van der Waals surface area (Å²) in [5.74, 6) is 0.596. The molecular formula is C15H20ClN5O2. The number of halogens is 1. The summed E-state index contributed by atoms with van der Waals surface area (Å²) in [6, 6.07) is 1.42. The second-order valence-corrected chi connectivity index (χ2v) is 5.95. The zero-order valence-electron chi connectivity index (χ0n) is 13.2. The fraction of sp³-hybridized carbons (Fsp3) is 0.533. The number of amides is 1. The SMILES string of the molecule is CCn1ccnc1[C@H]1OCCC[C@@H]1NC(=O)c1cc(Cl)n(C)n1. The predicted octanol–water partition coefficient (Wildman–Crippen LogP) is 1.94. The Morgan fingerprint density at radius 1 is 1.57 bits per heavy atom. The van der Waals surface area contributed by atoms with Gasteiger partial charge in [0.2, 0.25) is 0 Å². The molecule has 3 heterocycles. The highest BCUT2D eigenvalue weighted by molar-refractivity contribution is 6.29. The molecule has 0 spiro atoms. The monoisotopic (exact) mass is 337 g/mol. The van der Waals surface area contributed by atoms with E-state index in [-0.39, 0.29) is 18.1 Å². The van der Waals surface area contributed by atoms with Gasteiger partial charge in [0.1, 0.15) is 17.1 Å². The van der Waals surface area contributed by atoms with Crippen LogP contribution in [0.4, 0.5) is 0 Å². The molecule has 0 radical (unpaired) electrons. The van der Waals surface area contributed by atoms with E-state index in [0.717, 1.165) is 25.2 Å². The molecule has 2 aromatic heterocycles. The number of ether oxygens (including phenoxy) is 1. The summed E-state index contributed by atoms with van der Waals surface area (Å²) in [5.41, 5.74) is 0.306. The molecule has 1 aliphatic rings. The molecule has 1 N–H and O–H groups in total. The number of carbonyl (C=O) groups is 1. The molecule has 23 heavy (non-hydrogen) atoms. The molecule has 0 bridgehead atoms. The second-order valence-electron chi connectivity index (χ2n) is 5.56. The van der Waals surface area contributed by atoms with Gasteiger partial charge in [-0.1, -0.05) is 11.6 Å². The van der Waals surface area contributed by atoms with E-state index in [1.165, 1.54) is 4.68 Å². The Balaban J connectivity index is 1.78. The van der Waals surface area contributed by atoms with E-state index >= 15 is 0 Å². The summed E-state index contributed by atoms with van der Waals surface area (Å²) >= 11 is 5.95. The minimum atomic E-state index is -0.248. The van der Waals surface area contributed by atoms with Gasteiger partial charge in [0.05, 0.1) is 6.04 Å². The Morgan fingerprint density at radius 3 is 3.09 bits per heavy atom. The van der Waals surface area contributed by atoms with E-state index in [9.17, 15) is 4.79 Å². The minimum Gasteiger partial charge on any atom is -0.368 e. The summed E-state index contributed by atoms with van der Waals surface area (Å²) in [6.45, 7) is 3.53. The molecule has 0 saturated carbocycles. The fourth-order valence-electron chi connectivity index (χ4n) is 2.83. The molecule has 124 valence electrons. The number of nitrogens with zero attached hydrogens (tertiary/aromatic N) is 4. The molecule has 1 saturated heterocycles. The molecule has 3 rings (SSSR count). The van der Waals surface area contributed by atoms with Gasteiger partial charge < -0.3 is 14.6 Å². The van der Waals surface area contributed by atoms with Gasteiger partial charge in [0.25, 0.3) is 5.91 Å². The Morgan fingerprint density at radius 2 is 2.39 bits per heavy atom. The van der Waals surface area contributed by atoms with Crippen molar-refractivity contribution >= 4 is 17.5 Å². The van der Waals surface area contributed by atoms with Crippen LogP contribution in [0.5, 0.6) is 0 Å². The van der Waals surface area contributed by atoms with Crippen LogP contribution in [-0.4, -0.2) is 37.9 Å². The van der Waals surface area contributed by atoms with Crippen LogP contribution >= 0.6 is 11.6 Å². The van der Waals surface area contributed by atoms with Crippen LogP contribution in [0.2, 0.25) is 5.15 Å². The van der Waals surface area contributed by atoms with Gasteiger partial charge in [-0.05, 0) is 19.8 Å². The van der Waals surface area contributed by atoms with Crippen molar-refractivity contribution in [3.05, 3.63) is 35.1 Å². The third-order valence-electron chi connectivity index (χ3n) is 4.04. The number of hydrogen-bond acceptors (Lipinski definition) is 4. The lowest BCUT2D eigenvalue weighted by Gasteiger charge is -2.32. The summed E-state index contributed by atoms with van der Waals surface area (Å²) < 4.78 is 9.40. The molecule has 0 aromatic carbocycles. The van der Waals surface area contributed by atoms with E-state index < -0.39 is 0 Å². The molecule has 0 aliphatic carbocycles. The highest BCUT2D eigenvalue weighted by Crippen LogP contribution is 2.27.